The average Bonchev–Trinajstić information content (AvgIpc) is 2.82. The summed E-state index contributed by atoms with van der Waals surface area (Å²) in [6.45, 7) is 6.14. The second-order valence-electron chi connectivity index (χ2n) is 9.19. The lowest BCUT2D eigenvalue weighted by molar-refractivity contribution is -0.175. The van der Waals surface area contributed by atoms with Crippen LogP contribution in [-0.2, 0) is 10.2 Å². The predicted molar refractivity (Wildman–Crippen MR) is 132 cm³/mol. The first-order chi connectivity index (χ1) is 16.9. The van der Waals surface area contributed by atoms with Gasteiger partial charge in [-0.2, -0.15) is 13.2 Å². The summed E-state index contributed by atoms with van der Waals surface area (Å²) in [6, 6.07) is 11.3. The standard InChI is InChI=1S/C26H32F3N3O4/c1-16(18-7-6-8-19(11-18)25(3,4)14-33)30-24-20-12-23(36-10-9-35-15-26(27,28)29)22(34-5)13-21(20)31-17(2)32-24/h6-8,11-13,16,33H,9-10,14-15H2,1-5H3,(H,30,31,32)/t16-/m1/s1. The van der Waals surface area contributed by atoms with Crippen LogP contribution in [0.2, 0.25) is 0 Å². The number of methoxy groups -OCH3 is 1. The van der Waals surface area contributed by atoms with Gasteiger partial charge in [0.1, 0.15) is 24.9 Å². The van der Waals surface area contributed by atoms with Crippen LogP contribution in [0.15, 0.2) is 36.4 Å². The first-order valence-corrected chi connectivity index (χ1v) is 11.5. The van der Waals surface area contributed by atoms with Crippen molar-refractivity contribution in [2.24, 2.45) is 0 Å². The van der Waals surface area contributed by atoms with Crippen molar-refractivity contribution in [1.29, 1.82) is 0 Å². The van der Waals surface area contributed by atoms with Crippen molar-refractivity contribution >= 4 is 16.7 Å². The van der Waals surface area contributed by atoms with Crippen LogP contribution in [0.5, 0.6) is 11.5 Å². The third-order valence-corrected chi connectivity index (χ3v) is 5.76. The number of aliphatic hydroxyl groups is 1. The number of anilines is 1. The molecule has 1 heterocycles. The van der Waals surface area contributed by atoms with Gasteiger partial charge in [-0.1, -0.05) is 38.1 Å². The lowest BCUT2D eigenvalue weighted by atomic mass is 9.84. The molecule has 2 N–H and O–H groups in total. The van der Waals surface area contributed by atoms with Crippen molar-refractivity contribution in [2.45, 2.75) is 45.3 Å². The van der Waals surface area contributed by atoms with Gasteiger partial charge >= 0.3 is 6.18 Å². The number of hydrogen-bond acceptors (Lipinski definition) is 7. The van der Waals surface area contributed by atoms with E-state index in [1.165, 1.54) is 7.11 Å². The molecule has 0 unspecified atom stereocenters. The van der Waals surface area contributed by atoms with Crippen LogP contribution >= 0.6 is 0 Å². The minimum absolute atomic E-state index is 0.0276. The number of hydrogen-bond donors (Lipinski definition) is 2. The summed E-state index contributed by atoms with van der Waals surface area (Å²) in [5, 5.41) is 13.9. The summed E-state index contributed by atoms with van der Waals surface area (Å²) < 4.78 is 52.5. The van der Waals surface area contributed by atoms with Gasteiger partial charge in [0.25, 0.3) is 0 Å². The molecule has 3 rings (SSSR count). The Balaban J connectivity index is 1.86. The van der Waals surface area contributed by atoms with E-state index in [9.17, 15) is 18.3 Å². The highest BCUT2D eigenvalue weighted by atomic mass is 19.4. The molecule has 0 bridgehead atoms. The fourth-order valence-electron chi connectivity index (χ4n) is 3.64. The molecular weight excluding hydrogens is 475 g/mol. The van der Waals surface area contributed by atoms with Crippen LogP contribution in [0.1, 0.15) is 43.8 Å². The topological polar surface area (TPSA) is 85.7 Å². The Bertz CT molecular complexity index is 1190. The molecule has 36 heavy (non-hydrogen) atoms. The maximum absolute atomic E-state index is 12.3. The number of fused-ring (bicyclic) bond motifs is 1. The van der Waals surface area contributed by atoms with E-state index in [-0.39, 0.29) is 31.3 Å². The van der Waals surface area contributed by atoms with Crippen LogP contribution in [-0.4, -0.2) is 54.8 Å². The highest BCUT2D eigenvalue weighted by molar-refractivity contribution is 5.92. The summed E-state index contributed by atoms with van der Waals surface area (Å²) in [5.74, 6) is 1.88. The summed E-state index contributed by atoms with van der Waals surface area (Å²) in [5.41, 5.74) is 2.30. The summed E-state index contributed by atoms with van der Waals surface area (Å²) in [7, 11) is 1.48. The first-order valence-electron chi connectivity index (χ1n) is 11.5. The van der Waals surface area contributed by atoms with Crippen LogP contribution in [0.4, 0.5) is 19.0 Å². The maximum Gasteiger partial charge on any atom is 0.411 e. The fourth-order valence-corrected chi connectivity index (χ4v) is 3.64. The van der Waals surface area contributed by atoms with Gasteiger partial charge in [-0.15, -0.1) is 0 Å². The van der Waals surface area contributed by atoms with Gasteiger partial charge in [-0.05, 0) is 31.0 Å². The van der Waals surface area contributed by atoms with E-state index in [0.29, 0.717) is 34.0 Å². The van der Waals surface area contributed by atoms with E-state index in [1.54, 1.807) is 19.1 Å². The summed E-state index contributed by atoms with van der Waals surface area (Å²) in [4.78, 5) is 9.08. The number of alkyl halides is 3. The number of ether oxygens (including phenoxy) is 3. The van der Waals surface area contributed by atoms with Crippen molar-refractivity contribution in [1.82, 2.24) is 9.97 Å². The van der Waals surface area contributed by atoms with Gasteiger partial charge in [-0.25, -0.2) is 9.97 Å². The Morgan fingerprint density at radius 1 is 1.06 bits per heavy atom. The molecular formula is C26H32F3N3O4. The number of aromatic nitrogens is 2. The number of aryl methyl sites for hydroxylation is 1. The molecule has 1 aromatic heterocycles. The lowest BCUT2D eigenvalue weighted by Crippen LogP contribution is -2.22. The first kappa shape index (κ1) is 27.5. The van der Waals surface area contributed by atoms with Crippen molar-refractivity contribution in [2.75, 3.05) is 38.9 Å². The van der Waals surface area contributed by atoms with Gasteiger partial charge in [-0.3, -0.25) is 0 Å². The minimum atomic E-state index is -4.39. The predicted octanol–water partition coefficient (Wildman–Crippen LogP) is 5.35. The number of rotatable bonds is 11. The number of aliphatic hydroxyl groups excluding tert-OH is 1. The van der Waals surface area contributed by atoms with Gasteiger partial charge in [0.2, 0.25) is 0 Å². The number of nitrogens with one attached hydrogen (secondary N) is 1. The van der Waals surface area contributed by atoms with Crippen LogP contribution in [0.25, 0.3) is 10.9 Å². The average molecular weight is 508 g/mol. The molecule has 0 amide bonds. The van der Waals surface area contributed by atoms with Gasteiger partial charge in [0.05, 0.1) is 25.8 Å². The highest BCUT2D eigenvalue weighted by Gasteiger charge is 2.27. The molecule has 0 aliphatic heterocycles. The normalized spacial score (nSPS) is 13.0. The maximum atomic E-state index is 12.3. The summed E-state index contributed by atoms with van der Waals surface area (Å²) in [6.07, 6.45) is -4.39. The molecule has 1 atom stereocenters. The zero-order chi connectivity index (χ0) is 26.5. The number of benzene rings is 2. The largest absolute Gasteiger partial charge is 0.493 e. The van der Waals surface area contributed by atoms with E-state index in [0.717, 1.165) is 11.1 Å². The van der Waals surface area contributed by atoms with E-state index in [1.807, 2.05) is 39.0 Å². The Labute approximate surface area is 208 Å². The molecule has 0 aliphatic rings. The SMILES string of the molecule is COc1cc2nc(C)nc(N[C@H](C)c3cccc(C(C)(C)CO)c3)c2cc1OCCOCC(F)(F)F. The van der Waals surface area contributed by atoms with Crippen molar-refractivity contribution in [3.05, 3.63) is 53.3 Å². The van der Waals surface area contributed by atoms with Crippen LogP contribution < -0.4 is 14.8 Å². The molecule has 0 fully saturated rings. The Kier molecular flexibility index (Phi) is 8.63. The van der Waals surface area contributed by atoms with E-state index < -0.39 is 12.8 Å². The second-order valence-corrected chi connectivity index (χ2v) is 9.19. The molecule has 2 aromatic carbocycles. The monoisotopic (exact) mass is 507 g/mol. The molecule has 0 saturated carbocycles. The van der Waals surface area contributed by atoms with Crippen LogP contribution in [0, 0.1) is 6.92 Å². The van der Waals surface area contributed by atoms with Crippen LogP contribution in [0.3, 0.4) is 0 Å². The number of halogens is 3. The minimum Gasteiger partial charge on any atom is -0.493 e. The third-order valence-electron chi connectivity index (χ3n) is 5.76. The zero-order valence-electron chi connectivity index (χ0n) is 21.1. The molecule has 7 nitrogen and oxygen atoms in total. The van der Waals surface area contributed by atoms with Gasteiger partial charge in [0.15, 0.2) is 11.5 Å². The van der Waals surface area contributed by atoms with E-state index in [4.69, 9.17) is 9.47 Å². The van der Waals surface area contributed by atoms with Gasteiger partial charge < -0.3 is 24.6 Å². The molecule has 0 radical (unpaired) electrons. The molecule has 3 aromatic rings. The summed E-state index contributed by atoms with van der Waals surface area (Å²) >= 11 is 0. The Hall–Kier alpha value is -3.11. The fraction of sp³-hybridized carbons (Fsp3) is 0.462. The quantitative estimate of drug-likeness (QED) is 0.339. The van der Waals surface area contributed by atoms with Crippen molar-refractivity contribution in [3.8, 4) is 11.5 Å². The Morgan fingerprint density at radius 2 is 1.81 bits per heavy atom. The molecule has 0 saturated heterocycles. The zero-order valence-corrected chi connectivity index (χ0v) is 21.1. The van der Waals surface area contributed by atoms with Crippen molar-refractivity contribution in [3.63, 3.8) is 0 Å². The molecule has 10 heteroatoms. The third kappa shape index (κ3) is 6.98. The van der Waals surface area contributed by atoms with Crippen molar-refractivity contribution < 1.29 is 32.5 Å². The van der Waals surface area contributed by atoms with E-state index in [2.05, 4.69) is 26.1 Å². The van der Waals surface area contributed by atoms with E-state index >= 15 is 0 Å². The highest BCUT2D eigenvalue weighted by Crippen LogP contribution is 2.35. The molecule has 0 spiro atoms. The lowest BCUT2D eigenvalue weighted by Gasteiger charge is -2.24. The van der Waals surface area contributed by atoms with Gasteiger partial charge in [0, 0.05) is 22.9 Å². The molecule has 196 valence electrons. The number of nitrogens with zero attached hydrogens (tertiary/aromatic N) is 2. The second kappa shape index (κ2) is 11.3. The smallest absolute Gasteiger partial charge is 0.411 e. The molecule has 0 aliphatic carbocycles. The Morgan fingerprint density at radius 3 is 2.47 bits per heavy atom.